The summed E-state index contributed by atoms with van der Waals surface area (Å²) in [6, 6.07) is 0. The minimum atomic E-state index is 0. The molecule has 2 N–H and O–H groups in total. The number of hydrogen-bond acceptors (Lipinski definition) is 4. The Morgan fingerprint density at radius 3 is 2.30 bits per heavy atom. The predicted octanol–water partition coefficient (Wildman–Crippen LogP) is 2.02. The third-order valence-electron chi connectivity index (χ3n) is 4.74. The summed E-state index contributed by atoms with van der Waals surface area (Å²) in [6.07, 6.45) is 3.23. The third-order valence-corrected chi connectivity index (χ3v) is 4.74. The van der Waals surface area contributed by atoms with Crippen LogP contribution in [0.1, 0.15) is 33.1 Å². The van der Waals surface area contributed by atoms with Crippen molar-refractivity contribution in [1.82, 2.24) is 9.80 Å². The molecule has 0 heterocycles. The average Bonchev–Trinajstić information content (AvgIpc) is 2.99. The smallest absolute Gasteiger partial charge is 0.226 e. The molecule has 7 heteroatoms. The first-order valence-corrected chi connectivity index (χ1v) is 8.38. The van der Waals surface area contributed by atoms with Gasteiger partial charge in [0.05, 0.1) is 6.61 Å². The fourth-order valence-electron chi connectivity index (χ4n) is 3.21. The molecule has 5 nitrogen and oxygen atoms in total. The predicted molar refractivity (Wildman–Crippen MR) is 101 cm³/mol. The number of rotatable bonds is 10. The molecule has 1 rings (SSSR count). The molecule has 1 saturated carbocycles. The normalized spacial score (nSPS) is 20.0. The molecule has 1 aliphatic carbocycles. The monoisotopic (exact) mass is 371 g/mol. The Hall–Kier alpha value is -0.0700. The van der Waals surface area contributed by atoms with Crippen molar-refractivity contribution in [3.05, 3.63) is 0 Å². The molecule has 23 heavy (non-hydrogen) atoms. The number of nitrogens with two attached hydrogens (primary N) is 1. The molecular weight excluding hydrogens is 337 g/mol. The van der Waals surface area contributed by atoms with Crippen molar-refractivity contribution in [2.24, 2.45) is 17.6 Å². The molecule has 1 aliphatic rings. The zero-order valence-electron chi connectivity index (χ0n) is 14.8. The molecule has 2 atom stereocenters. The second kappa shape index (κ2) is 14.3. The number of carbonyl (C=O) groups excluding carboxylic acids is 1. The van der Waals surface area contributed by atoms with Crippen molar-refractivity contribution in [2.45, 2.75) is 33.1 Å². The van der Waals surface area contributed by atoms with Gasteiger partial charge < -0.3 is 20.3 Å². The highest BCUT2D eigenvalue weighted by Gasteiger charge is 2.34. The van der Waals surface area contributed by atoms with Crippen LogP contribution in [0.4, 0.5) is 0 Å². The Balaban J connectivity index is 0. The largest absolute Gasteiger partial charge is 0.383 e. The van der Waals surface area contributed by atoms with Gasteiger partial charge in [-0.1, -0.05) is 20.3 Å². The highest BCUT2D eigenvalue weighted by Crippen LogP contribution is 2.32. The number of ether oxygens (including phenoxy) is 1. The van der Waals surface area contributed by atoms with Crippen molar-refractivity contribution in [3.8, 4) is 0 Å². The van der Waals surface area contributed by atoms with Gasteiger partial charge in [0.25, 0.3) is 0 Å². The van der Waals surface area contributed by atoms with E-state index >= 15 is 0 Å². The highest BCUT2D eigenvalue weighted by molar-refractivity contribution is 5.85. The first kappa shape index (κ1) is 25.2. The Labute approximate surface area is 154 Å². The van der Waals surface area contributed by atoms with Gasteiger partial charge in [-0.2, -0.15) is 0 Å². The van der Waals surface area contributed by atoms with Crippen LogP contribution < -0.4 is 5.73 Å². The van der Waals surface area contributed by atoms with Crippen molar-refractivity contribution >= 4 is 30.7 Å². The standard InChI is InChI=1S/C16H33N3O2.2ClH/c1-4-18(5-2)9-10-19(11-12-21-3)16(20)15-8-6-7-14(15)13-17;;/h14-15H,4-13,17H2,1-3H3;2*1H/t14-,15-;;/m1../s1. The van der Waals surface area contributed by atoms with Gasteiger partial charge >= 0.3 is 0 Å². The zero-order chi connectivity index (χ0) is 15.7. The fourth-order valence-corrected chi connectivity index (χ4v) is 3.21. The van der Waals surface area contributed by atoms with E-state index in [1.807, 2.05) is 4.90 Å². The Kier molecular flexibility index (Phi) is 15.6. The fraction of sp³-hybridized carbons (Fsp3) is 0.938. The Morgan fingerprint density at radius 1 is 1.13 bits per heavy atom. The lowest BCUT2D eigenvalue weighted by molar-refractivity contribution is -0.137. The van der Waals surface area contributed by atoms with Crippen molar-refractivity contribution in [3.63, 3.8) is 0 Å². The van der Waals surface area contributed by atoms with E-state index in [-0.39, 0.29) is 36.6 Å². The summed E-state index contributed by atoms with van der Waals surface area (Å²) in [4.78, 5) is 17.1. The van der Waals surface area contributed by atoms with Gasteiger partial charge in [-0.15, -0.1) is 24.8 Å². The molecule has 0 aromatic carbocycles. The molecule has 1 fully saturated rings. The van der Waals surface area contributed by atoms with Crippen LogP contribution in [0.15, 0.2) is 0 Å². The van der Waals surface area contributed by atoms with Gasteiger partial charge in [-0.3, -0.25) is 4.79 Å². The van der Waals surface area contributed by atoms with Crippen LogP contribution >= 0.6 is 24.8 Å². The summed E-state index contributed by atoms with van der Waals surface area (Å²) >= 11 is 0. The minimum absolute atomic E-state index is 0. The lowest BCUT2D eigenvalue weighted by Crippen LogP contribution is -2.44. The van der Waals surface area contributed by atoms with E-state index in [2.05, 4.69) is 18.7 Å². The molecule has 0 unspecified atom stereocenters. The van der Waals surface area contributed by atoms with E-state index in [1.165, 1.54) is 0 Å². The maximum Gasteiger partial charge on any atom is 0.226 e. The van der Waals surface area contributed by atoms with Crippen LogP contribution in [0, 0.1) is 11.8 Å². The minimum Gasteiger partial charge on any atom is -0.383 e. The average molecular weight is 372 g/mol. The molecule has 0 saturated heterocycles. The van der Waals surface area contributed by atoms with Gasteiger partial charge in [-0.05, 0) is 38.4 Å². The molecule has 0 aromatic rings. The third kappa shape index (κ3) is 8.03. The molecule has 0 aliphatic heterocycles. The number of methoxy groups -OCH3 is 1. The topological polar surface area (TPSA) is 58.8 Å². The van der Waals surface area contributed by atoms with Crippen LogP contribution in [0.25, 0.3) is 0 Å². The Bertz CT molecular complexity index is 305. The summed E-state index contributed by atoms with van der Waals surface area (Å²) in [7, 11) is 1.69. The molecule has 0 radical (unpaired) electrons. The second-order valence-corrected chi connectivity index (χ2v) is 5.88. The van der Waals surface area contributed by atoms with Crippen molar-refractivity contribution in [1.29, 1.82) is 0 Å². The number of nitrogens with zero attached hydrogens (tertiary/aromatic N) is 2. The lowest BCUT2D eigenvalue weighted by atomic mass is 9.94. The number of carbonyl (C=O) groups is 1. The highest BCUT2D eigenvalue weighted by atomic mass is 35.5. The molecule has 0 bridgehead atoms. The lowest BCUT2D eigenvalue weighted by Gasteiger charge is -2.30. The summed E-state index contributed by atoms with van der Waals surface area (Å²) in [5.74, 6) is 0.784. The molecule has 0 spiro atoms. The quantitative estimate of drug-likeness (QED) is 0.638. The molecule has 1 amide bonds. The van der Waals surface area contributed by atoms with E-state index in [4.69, 9.17) is 10.5 Å². The number of halogens is 2. The van der Waals surface area contributed by atoms with Gasteiger partial charge in [0, 0.05) is 32.7 Å². The number of hydrogen-bond donors (Lipinski definition) is 1. The van der Waals surface area contributed by atoms with Crippen molar-refractivity contribution in [2.75, 3.05) is 53.0 Å². The van der Waals surface area contributed by atoms with Crippen molar-refractivity contribution < 1.29 is 9.53 Å². The molecular formula is C16H35Cl2N3O2. The van der Waals surface area contributed by atoms with Gasteiger partial charge in [0.15, 0.2) is 0 Å². The van der Waals surface area contributed by atoms with E-state index in [0.29, 0.717) is 25.6 Å². The first-order chi connectivity index (χ1) is 10.2. The van der Waals surface area contributed by atoms with E-state index < -0.39 is 0 Å². The first-order valence-electron chi connectivity index (χ1n) is 8.38. The van der Waals surface area contributed by atoms with Gasteiger partial charge in [-0.25, -0.2) is 0 Å². The van der Waals surface area contributed by atoms with Gasteiger partial charge in [0.2, 0.25) is 5.91 Å². The maximum atomic E-state index is 12.8. The maximum absolute atomic E-state index is 12.8. The second-order valence-electron chi connectivity index (χ2n) is 5.88. The van der Waals surface area contributed by atoms with E-state index in [9.17, 15) is 4.79 Å². The summed E-state index contributed by atoms with van der Waals surface area (Å²) in [5.41, 5.74) is 5.82. The van der Waals surface area contributed by atoms with Crippen LogP contribution in [0.5, 0.6) is 0 Å². The number of amides is 1. The van der Waals surface area contributed by atoms with E-state index in [0.717, 1.165) is 45.4 Å². The Morgan fingerprint density at radius 2 is 1.78 bits per heavy atom. The summed E-state index contributed by atoms with van der Waals surface area (Å²) < 4.78 is 5.17. The SMILES string of the molecule is CCN(CC)CCN(CCOC)C(=O)[C@@H]1CCC[C@@H]1CN.Cl.Cl. The summed E-state index contributed by atoms with van der Waals surface area (Å²) in [5, 5.41) is 0. The van der Waals surface area contributed by atoms with Crippen LogP contribution in [0.2, 0.25) is 0 Å². The van der Waals surface area contributed by atoms with Crippen LogP contribution in [-0.4, -0.2) is 68.7 Å². The van der Waals surface area contributed by atoms with Crippen LogP contribution in [-0.2, 0) is 9.53 Å². The van der Waals surface area contributed by atoms with Gasteiger partial charge in [0.1, 0.15) is 0 Å². The summed E-state index contributed by atoms with van der Waals surface area (Å²) in [6.45, 7) is 10.0. The molecule has 140 valence electrons. The number of likely N-dealkylation sites (N-methyl/N-ethyl adjacent to an activating group) is 1. The molecule has 0 aromatic heterocycles. The zero-order valence-corrected chi connectivity index (χ0v) is 16.5. The van der Waals surface area contributed by atoms with E-state index in [1.54, 1.807) is 7.11 Å². The van der Waals surface area contributed by atoms with Crippen LogP contribution in [0.3, 0.4) is 0 Å².